The number of unbranched alkanes of at least 4 members (excludes halogenated alkanes) is 20. The maximum Gasteiger partial charge on any atom is -0.0169 e. The average molecular weight is 405 g/mol. The third-order valence-corrected chi connectivity index (χ3v) is 6.05. The van der Waals surface area contributed by atoms with E-state index in [1.807, 2.05) is 0 Å². The van der Waals surface area contributed by atoms with Gasteiger partial charge in [0.25, 0.3) is 0 Å². The molecule has 0 aromatic rings. The zero-order valence-corrected chi connectivity index (χ0v) is 20.6. The molecular weight excluding hydrogens is 348 g/mol. The van der Waals surface area contributed by atoms with E-state index in [0.29, 0.717) is 0 Å². The highest BCUT2D eigenvalue weighted by Crippen LogP contribution is 2.12. The van der Waals surface area contributed by atoms with Crippen molar-refractivity contribution >= 4 is 0 Å². The maximum absolute atomic E-state index is 2.40. The predicted molar refractivity (Wildman–Crippen MR) is 136 cm³/mol. The van der Waals surface area contributed by atoms with Crippen LogP contribution in [0, 0.1) is 0 Å². The molecule has 29 heavy (non-hydrogen) atoms. The molecule has 0 aliphatic carbocycles. The fourth-order valence-electron chi connectivity index (χ4n) is 4.01. The van der Waals surface area contributed by atoms with Crippen molar-refractivity contribution in [2.75, 3.05) is 0 Å². The SMILES string of the molecule is CCCCCCCCCCCC/C=C\C/C=C\CCCCCCCCCCCC. The quantitative estimate of drug-likeness (QED) is 0.111. The molecule has 0 fully saturated rings. The first kappa shape index (κ1) is 28.5. The molecule has 0 aromatic heterocycles. The van der Waals surface area contributed by atoms with Gasteiger partial charge in [0.1, 0.15) is 0 Å². The fourth-order valence-corrected chi connectivity index (χ4v) is 4.01. The second-order valence-corrected chi connectivity index (χ2v) is 9.12. The van der Waals surface area contributed by atoms with Gasteiger partial charge in [0.2, 0.25) is 0 Å². The standard InChI is InChI=1S/C29H56/c1-3-5-7-9-11-13-15-17-19-21-23-25-27-29-28-26-24-22-20-18-16-14-12-10-8-6-4-2/h25-28H,3-24,29H2,1-2H3/b27-25-,28-26-. The normalized spacial score (nSPS) is 11.9. The van der Waals surface area contributed by atoms with Crippen LogP contribution >= 0.6 is 0 Å². The number of allylic oxidation sites excluding steroid dienone is 4. The summed E-state index contributed by atoms with van der Waals surface area (Å²) in [7, 11) is 0. The monoisotopic (exact) mass is 404 g/mol. The molecular formula is C29H56. The summed E-state index contributed by atoms with van der Waals surface area (Å²) in [5.41, 5.74) is 0. The number of rotatable bonds is 24. The van der Waals surface area contributed by atoms with Crippen LogP contribution in [0.25, 0.3) is 0 Å². The van der Waals surface area contributed by atoms with Gasteiger partial charge in [-0.2, -0.15) is 0 Å². The lowest BCUT2D eigenvalue weighted by molar-refractivity contribution is 0.557. The van der Waals surface area contributed by atoms with Gasteiger partial charge >= 0.3 is 0 Å². The number of hydrogen-bond donors (Lipinski definition) is 0. The Kier molecular flexibility index (Phi) is 27.0. The van der Waals surface area contributed by atoms with Crippen LogP contribution < -0.4 is 0 Å². The summed E-state index contributed by atoms with van der Waals surface area (Å²) in [5.74, 6) is 0. The summed E-state index contributed by atoms with van der Waals surface area (Å²) in [6, 6.07) is 0. The molecule has 0 amide bonds. The van der Waals surface area contributed by atoms with Gasteiger partial charge in [0, 0.05) is 0 Å². The number of hydrogen-bond acceptors (Lipinski definition) is 0. The van der Waals surface area contributed by atoms with Gasteiger partial charge in [-0.15, -0.1) is 0 Å². The Balaban J connectivity index is 3.14. The lowest BCUT2D eigenvalue weighted by Crippen LogP contribution is -1.81. The minimum Gasteiger partial charge on any atom is -0.0882 e. The lowest BCUT2D eigenvalue weighted by atomic mass is 10.1. The Morgan fingerprint density at radius 1 is 0.310 bits per heavy atom. The van der Waals surface area contributed by atoms with E-state index in [9.17, 15) is 0 Å². The van der Waals surface area contributed by atoms with Gasteiger partial charge in [-0.05, 0) is 32.1 Å². The van der Waals surface area contributed by atoms with E-state index in [-0.39, 0.29) is 0 Å². The maximum atomic E-state index is 2.40. The minimum atomic E-state index is 1.13. The Hall–Kier alpha value is -0.520. The second kappa shape index (κ2) is 27.5. The van der Waals surface area contributed by atoms with Crippen molar-refractivity contribution in [3.63, 3.8) is 0 Å². The molecule has 0 N–H and O–H groups in total. The van der Waals surface area contributed by atoms with Gasteiger partial charge < -0.3 is 0 Å². The van der Waals surface area contributed by atoms with Gasteiger partial charge in [0.05, 0.1) is 0 Å². The van der Waals surface area contributed by atoms with E-state index < -0.39 is 0 Å². The summed E-state index contributed by atoms with van der Waals surface area (Å²) in [6.07, 6.45) is 41.9. The Bertz CT molecular complexity index is 293. The summed E-state index contributed by atoms with van der Waals surface area (Å²) in [6.45, 7) is 4.59. The van der Waals surface area contributed by atoms with Crippen LogP contribution in [-0.4, -0.2) is 0 Å². The first-order valence-corrected chi connectivity index (χ1v) is 13.7. The molecule has 0 bridgehead atoms. The van der Waals surface area contributed by atoms with E-state index in [4.69, 9.17) is 0 Å². The third-order valence-electron chi connectivity index (χ3n) is 6.05. The summed E-state index contributed by atoms with van der Waals surface area (Å²) in [4.78, 5) is 0. The largest absolute Gasteiger partial charge is 0.0882 e. The molecule has 0 aromatic carbocycles. The zero-order chi connectivity index (χ0) is 21.1. The van der Waals surface area contributed by atoms with Gasteiger partial charge in [-0.25, -0.2) is 0 Å². The highest BCUT2D eigenvalue weighted by molar-refractivity contribution is 4.92. The topological polar surface area (TPSA) is 0 Å². The molecule has 0 radical (unpaired) electrons. The van der Waals surface area contributed by atoms with Gasteiger partial charge in [-0.3, -0.25) is 0 Å². The van der Waals surface area contributed by atoms with Crippen LogP contribution in [0.15, 0.2) is 24.3 Å². The Labute approximate surface area is 186 Å². The summed E-state index contributed by atoms with van der Waals surface area (Å²) in [5, 5.41) is 0. The van der Waals surface area contributed by atoms with Crippen molar-refractivity contribution in [2.24, 2.45) is 0 Å². The third kappa shape index (κ3) is 27.5. The van der Waals surface area contributed by atoms with Crippen molar-refractivity contribution in [3.8, 4) is 0 Å². The molecule has 0 aliphatic rings. The van der Waals surface area contributed by atoms with Crippen molar-refractivity contribution in [3.05, 3.63) is 24.3 Å². The van der Waals surface area contributed by atoms with Crippen LogP contribution in [-0.2, 0) is 0 Å². The summed E-state index contributed by atoms with van der Waals surface area (Å²) >= 11 is 0. The van der Waals surface area contributed by atoms with Crippen molar-refractivity contribution in [2.45, 2.75) is 162 Å². The highest BCUT2D eigenvalue weighted by Gasteiger charge is 1.93. The molecule has 0 saturated carbocycles. The lowest BCUT2D eigenvalue weighted by Gasteiger charge is -2.01. The van der Waals surface area contributed by atoms with E-state index in [1.165, 1.54) is 141 Å². The van der Waals surface area contributed by atoms with Crippen molar-refractivity contribution in [1.82, 2.24) is 0 Å². The van der Waals surface area contributed by atoms with E-state index in [1.54, 1.807) is 0 Å². The van der Waals surface area contributed by atoms with Crippen molar-refractivity contribution in [1.29, 1.82) is 0 Å². The molecule has 0 atom stereocenters. The average Bonchev–Trinajstić information content (AvgIpc) is 2.74. The molecule has 0 spiro atoms. The molecule has 0 heteroatoms. The second-order valence-electron chi connectivity index (χ2n) is 9.12. The van der Waals surface area contributed by atoms with Crippen LogP contribution in [0.2, 0.25) is 0 Å². The molecule has 0 unspecified atom stereocenters. The van der Waals surface area contributed by atoms with E-state index >= 15 is 0 Å². The molecule has 0 nitrogen and oxygen atoms in total. The minimum absolute atomic E-state index is 1.13. The fraction of sp³-hybridized carbons (Fsp3) is 0.862. The molecule has 0 heterocycles. The van der Waals surface area contributed by atoms with Crippen molar-refractivity contribution < 1.29 is 0 Å². The van der Waals surface area contributed by atoms with Crippen LogP contribution in [0.1, 0.15) is 162 Å². The Morgan fingerprint density at radius 3 is 0.897 bits per heavy atom. The van der Waals surface area contributed by atoms with Gasteiger partial charge in [-0.1, -0.05) is 154 Å². The van der Waals surface area contributed by atoms with E-state index in [0.717, 1.165) is 6.42 Å². The molecule has 0 rings (SSSR count). The molecule has 0 saturated heterocycles. The van der Waals surface area contributed by atoms with Crippen LogP contribution in [0.5, 0.6) is 0 Å². The Morgan fingerprint density at radius 2 is 0.586 bits per heavy atom. The first-order chi connectivity index (χ1) is 14.4. The smallest absolute Gasteiger partial charge is 0.0169 e. The predicted octanol–water partition coefficient (Wildman–Crippen LogP) is 11.1. The highest BCUT2D eigenvalue weighted by atomic mass is 14.0. The van der Waals surface area contributed by atoms with Crippen LogP contribution in [0.4, 0.5) is 0 Å². The zero-order valence-electron chi connectivity index (χ0n) is 20.6. The summed E-state index contributed by atoms with van der Waals surface area (Å²) < 4.78 is 0. The molecule has 0 aliphatic heterocycles. The first-order valence-electron chi connectivity index (χ1n) is 13.7. The molecule has 172 valence electrons. The van der Waals surface area contributed by atoms with Gasteiger partial charge in [0.15, 0.2) is 0 Å². The van der Waals surface area contributed by atoms with Crippen LogP contribution in [0.3, 0.4) is 0 Å². The van der Waals surface area contributed by atoms with E-state index in [2.05, 4.69) is 38.2 Å².